The van der Waals surface area contributed by atoms with Crippen LogP contribution >= 0.6 is 0 Å². The van der Waals surface area contributed by atoms with Crippen LogP contribution in [0.1, 0.15) is 110 Å². The summed E-state index contributed by atoms with van der Waals surface area (Å²) >= 11 is 0. The van der Waals surface area contributed by atoms with Crippen LogP contribution < -0.4 is 20.8 Å². The molecule has 9 rings (SSSR count). The summed E-state index contributed by atoms with van der Waals surface area (Å²) in [6.07, 6.45) is 18.4. The molecule has 0 aliphatic carbocycles. The first kappa shape index (κ1) is 56.8. The highest BCUT2D eigenvalue weighted by molar-refractivity contribution is 6.19. The van der Waals surface area contributed by atoms with Gasteiger partial charge in [-0.25, -0.2) is 4.79 Å². The van der Waals surface area contributed by atoms with Crippen molar-refractivity contribution in [2.75, 3.05) is 71.9 Å². The summed E-state index contributed by atoms with van der Waals surface area (Å²) in [6, 6.07) is 0. The highest BCUT2D eigenvalue weighted by atomic mass is 16.7. The minimum absolute atomic E-state index is 0.00333. The molecule has 7 aliphatic heterocycles. The molecule has 0 radical (unpaired) electrons. The van der Waals surface area contributed by atoms with E-state index in [9.17, 15) is 29.7 Å². The molecule has 3 fully saturated rings. The molecule has 17 heteroatoms. The van der Waals surface area contributed by atoms with Crippen LogP contribution in [0.15, 0.2) is 46.1 Å². The number of carbonyl (C=O) groups excluding carboxylic acids is 3. The van der Waals surface area contributed by atoms with E-state index in [2.05, 4.69) is 48.9 Å². The zero-order chi connectivity index (χ0) is 53.7. The summed E-state index contributed by atoms with van der Waals surface area (Å²) in [5.41, 5.74) is -0.720. The van der Waals surface area contributed by atoms with E-state index < -0.39 is 58.7 Å². The second-order valence-electron chi connectivity index (χ2n) is 21.7. The van der Waals surface area contributed by atoms with Gasteiger partial charge in [0.1, 0.15) is 28.6 Å². The van der Waals surface area contributed by atoms with Gasteiger partial charge in [0, 0.05) is 88.6 Å². The van der Waals surface area contributed by atoms with Gasteiger partial charge in [-0.2, -0.15) is 0 Å². The summed E-state index contributed by atoms with van der Waals surface area (Å²) in [6.45, 7) is 22.5. The van der Waals surface area contributed by atoms with E-state index in [1.54, 1.807) is 30.9 Å². The number of hydrogen-bond donors (Lipinski definition) is 5. The van der Waals surface area contributed by atoms with Crippen molar-refractivity contribution in [2.24, 2.45) is 39.6 Å². The van der Waals surface area contributed by atoms with E-state index in [4.69, 9.17) is 34.0 Å². The Labute approximate surface area is 431 Å². The number of amides is 2. The lowest BCUT2D eigenvalue weighted by molar-refractivity contribution is -0.133. The number of carbonyl (C=O) groups is 3. The molecule has 73 heavy (non-hydrogen) atoms. The number of allylic oxidation sites excluding steroid dienone is 4. The zero-order valence-electron chi connectivity index (χ0n) is 44.9. The monoisotopic (exact) mass is 1010 g/mol. The first-order valence-electron chi connectivity index (χ1n) is 25.9. The topological polar surface area (TPSA) is 216 Å². The van der Waals surface area contributed by atoms with E-state index in [0.717, 1.165) is 52.7 Å². The van der Waals surface area contributed by atoms with Crippen molar-refractivity contribution in [3.8, 4) is 30.1 Å². The van der Waals surface area contributed by atoms with E-state index in [1.807, 2.05) is 39.8 Å². The number of aromatic hydroxyl groups is 2. The van der Waals surface area contributed by atoms with Gasteiger partial charge in [-0.05, 0) is 76.3 Å². The minimum atomic E-state index is -1.89. The number of likely N-dealkylation sites (tertiary alicyclic amines) is 2. The lowest BCUT2D eigenvalue weighted by Crippen LogP contribution is -2.58. The van der Waals surface area contributed by atoms with Gasteiger partial charge in [0.05, 0.1) is 47.4 Å². The molecular formula is C56H80N6O11. The van der Waals surface area contributed by atoms with Gasteiger partial charge in [-0.3, -0.25) is 19.6 Å². The minimum Gasteiger partial charge on any atom is -0.507 e. The number of aliphatic hydroxyl groups excluding tert-OH is 2. The molecule has 2 amide bonds. The average molecular weight is 1010 g/mol. The number of phenolic OH excluding ortho intramolecular Hbond substituents is 2. The van der Waals surface area contributed by atoms with E-state index >= 15 is 0 Å². The molecule has 3 unspecified atom stereocenters. The number of fused-ring (bicyclic) bond motifs is 13. The standard InChI is InChI=1S/C53H74N6O10.C2H2.CH4O/c1-30(2)28-58-22-18-53(19-23-58)55-40-37-38-44(61)36(8)47-39(37)48(63)51(9,69-47)66-25-12-15-32(4)46(68-50(65)59-24-26-67-52(29-59)16-20-57(10)21-17-52)35(7)43(60)34(6)27-31(3)13-11-14-33(5)49(64)54-42(45(38)62)41(40)56-53;2*1-2/h11-14,25,30-32,34-35,43,46,60-62H,15-24,26-29H2,1-10H3,(H,54,64);1-2H;2H,1H3/b13-11+,25-12+,33-14-;;/t31-,32+,34+,35+,43?,46?,51?;;/m0../s1. The van der Waals surface area contributed by atoms with Gasteiger partial charge in [-0.1, -0.05) is 59.8 Å². The molecule has 5 bridgehead atoms. The fraction of sp³-hybridized carbons (Fsp3) is 0.625. The van der Waals surface area contributed by atoms with Crippen LogP contribution in [-0.2, 0) is 19.0 Å². The first-order chi connectivity index (χ1) is 34.6. The maximum absolute atomic E-state index is 14.9. The number of phenols is 2. The van der Waals surface area contributed by atoms with Crippen molar-refractivity contribution in [1.82, 2.24) is 14.7 Å². The second kappa shape index (κ2) is 23.4. The van der Waals surface area contributed by atoms with Gasteiger partial charge in [-0.15, -0.1) is 12.8 Å². The molecule has 0 aromatic heterocycles. The molecule has 2 aromatic rings. The number of ketones is 1. The number of nitrogens with one attached hydrogen (secondary N) is 1. The largest absolute Gasteiger partial charge is 0.507 e. The lowest BCUT2D eigenvalue weighted by atomic mass is 9.80. The molecule has 17 nitrogen and oxygen atoms in total. The third kappa shape index (κ3) is 11.7. The number of benzene rings is 2. The van der Waals surface area contributed by atoms with E-state index in [-0.39, 0.29) is 67.6 Å². The molecule has 7 atom stereocenters. The Morgan fingerprint density at radius 3 is 2.26 bits per heavy atom. The molecule has 2 spiro atoms. The summed E-state index contributed by atoms with van der Waals surface area (Å²) in [5, 5.41) is 46.6. The molecule has 2 aromatic carbocycles. The zero-order valence-corrected chi connectivity index (χ0v) is 44.9. The number of terminal acetylenes is 1. The van der Waals surface area contributed by atoms with Gasteiger partial charge < -0.3 is 59.4 Å². The van der Waals surface area contributed by atoms with Crippen LogP contribution in [0.3, 0.4) is 0 Å². The maximum atomic E-state index is 14.9. The third-order valence-corrected chi connectivity index (χ3v) is 15.6. The van der Waals surface area contributed by atoms with Crippen LogP contribution in [-0.4, -0.2) is 149 Å². The molecule has 7 heterocycles. The number of aliphatic hydroxyl groups is 2. The Bertz CT molecular complexity index is 2610. The van der Waals surface area contributed by atoms with Gasteiger partial charge in [0.2, 0.25) is 0 Å². The molecule has 400 valence electrons. The molecule has 3 saturated heterocycles. The number of morpholine rings is 1. The molecule has 0 saturated carbocycles. The predicted molar refractivity (Wildman–Crippen MR) is 280 cm³/mol. The van der Waals surface area contributed by atoms with Crippen LogP contribution in [0.2, 0.25) is 0 Å². The lowest BCUT2D eigenvalue weighted by Gasteiger charge is -2.46. The number of Topliss-reactive ketones (excluding diaryl/α,β-unsaturated/α-hetero) is 1. The fourth-order valence-corrected chi connectivity index (χ4v) is 11.3. The van der Waals surface area contributed by atoms with Crippen molar-refractivity contribution in [3.63, 3.8) is 0 Å². The third-order valence-electron chi connectivity index (χ3n) is 15.6. The Hall–Kier alpha value is -5.51. The van der Waals surface area contributed by atoms with Gasteiger partial charge in [0.15, 0.2) is 11.4 Å². The van der Waals surface area contributed by atoms with Crippen molar-refractivity contribution >= 4 is 34.2 Å². The molecule has 5 N–H and O–H groups in total. The van der Waals surface area contributed by atoms with E-state index in [1.165, 1.54) is 13.2 Å². The van der Waals surface area contributed by atoms with Crippen LogP contribution in [0.25, 0.3) is 10.8 Å². The number of anilines is 1. The van der Waals surface area contributed by atoms with Crippen LogP contribution in [0, 0.1) is 49.4 Å². The van der Waals surface area contributed by atoms with Gasteiger partial charge >= 0.3 is 11.9 Å². The average Bonchev–Trinajstić information content (AvgIpc) is 3.87. The highest BCUT2D eigenvalue weighted by Gasteiger charge is 2.50. The SMILES string of the molecule is C#C.C/C1=C/C=C/[C@H](C)C[C@@H](C)C(O)[C@@H](C)C(OC(=O)N2CCOC3(CCN(C)CC3)C2)[C@H](C)C/C=C/OC2(C)Oc3c(C)c(O)c4c(O)c(c5c(c4c3C2=O)=NC2(CCN(CC(C)C)CC2)N=5)NC1=O.CO. The quantitative estimate of drug-likeness (QED) is 0.167. The van der Waals surface area contributed by atoms with Crippen molar-refractivity contribution in [3.05, 3.63) is 58.0 Å². The number of ether oxygens (including phenoxy) is 4. The maximum Gasteiger partial charge on any atom is 0.410 e. The number of hydrogen-bond acceptors (Lipinski definition) is 15. The summed E-state index contributed by atoms with van der Waals surface area (Å²) < 4.78 is 25.3. The fourth-order valence-electron chi connectivity index (χ4n) is 11.3. The van der Waals surface area contributed by atoms with Crippen molar-refractivity contribution in [1.29, 1.82) is 0 Å². The Balaban J connectivity index is 0.00000212. The number of piperidine rings is 2. The number of nitrogens with zero attached hydrogens (tertiary/aromatic N) is 5. The molecular weight excluding hydrogens is 933 g/mol. The summed E-state index contributed by atoms with van der Waals surface area (Å²) in [5.74, 6) is -4.09. The van der Waals surface area contributed by atoms with Gasteiger partial charge in [0.25, 0.3) is 11.7 Å². The van der Waals surface area contributed by atoms with E-state index in [0.29, 0.717) is 56.9 Å². The Kier molecular flexibility index (Phi) is 18.2. The van der Waals surface area contributed by atoms with Crippen LogP contribution in [0.5, 0.6) is 17.2 Å². The summed E-state index contributed by atoms with van der Waals surface area (Å²) in [7, 11) is 3.09. The Morgan fingerprint density at radius 1 is 0.945 bits per heavy atom. The normalized spacial score (nSPS) is 30.0. The smallest absolute Gasteiger partial charge is 0.410 e. The first-order valence-corrected chi connectivity index (χ1v) is 25.9. The Morgan fingerprint density at radius 2 is 1.60 bits per heavy atom. The predicted octanol–water partition coefficient (Wildman–Crippen LogP) is 6.38. The van der Waals surface area contributed by atoms with Crippen molar-refractivity contribution in [2.45, 2.75) is 130 Å². The summed E-state index contributed by atoms with van der Waals surface area (Å²) in [4.78, 5) is 59.8. The van der Waals surface area contributed by atoms with Crippen molar-refractivity contribution < 1.29 is 53.8 Å². The van der Waals surface area contributed by atoms with Crippen LogP contribution in [0.4, 0.5) is 10.5 Å². The molecule has 7 aliphatic rings. The number of rotatable bonds is 3. The second-order valence-corrected chi connectivity index (χ2v) is 21.7. The highest BCUT2D eigenvalue weighted by Crippen LogP contribution is 2.50.